The van der Waals surface area contributed by atoms with Gasteiger partial charge in [-0.2, -0.15) is 0 Å². The predicted octanol–water partition coefficient (Wildman–Crippen LogP) is 1.42. The first-order chi connectivity index (χ1) is 9.56. The highest BCUT2D eigenvalue weighted by molar-refractivity contribution is 5.92. The van der Waals surface area contributed by atoms with Crippen LogP contribution in [0.3, 0.4) is 0 Å². The molecular formula is C13H17N3O4. The number of pyridine rings is 1. The summed E-state index contributed by atoms with van der Waals surface area (Å²) in [5.74, 6) is -1.08. The SMILES string of the molecule is CC1CN(C(=O)Nc2cncc(C(=O)O)c2)CCCO1. The average Bonchev–Trinajstić information content (AvgIpc) is 2.63. The summed E-state index contributed by atoms with van der Waals surface area (Å²) in [6.45, 7) is 3.68. The molecule has 7 nitrogen and oxygen atoms in total. The largest absolute Gasteiger partial charge is 0.478 e. The molecule has 2 amide bonds. The van der Waals surface area contributed by atoms with E-state index < -0.39 is 5.97 Å². The molecule has 1 aliphatic heterocycles. The maximum atomic E-state index is 12.1. The average molecular weight is 279 g/mol. The number of hydrogen-bond donors (Lipinski definition) is 2. The van der Waals surface area contributed by atoms with Crippen LogP contribution >= 0.6 is 0 Å². The highest BCUT2D eigenvalue weighted by Crippen LogP contribution is 2.11. The molecule has 0 bridgehead atoms. The Balaban J connectivity index is 2.03. The van der Waals surface area contributed by atoms with Gasteiger partial charge in [0.15, 0.2) is 0 Å². The number of urea groups is 1. The molecule has 1 fully saturated rings. The molecule has 2 rings (SSSR count). The van der Waals surface area contributed by atoms with Crippen molar-refractivity contribution in [1.29, 1.82) is 0 Å². The van der Waals surface area contributed by atoms with E-state index in [-0.39, 0.29) is 17.7 Å². The van der Waals surface area contributed by atoms with Crippen molar-refractivity contribution in [3.8, 4) is 0 Å². The molecule has 1 aliphatic rings. The molecule has 0 aliphatic carbocycles. The van der Waals surface area contributed by atoms with E-state index in [0.717, 1.165) is 6.42 Å². The number of carbonyl (C=O) groups excluding carboxylic acids is 1. The molecule has 2 N–H and O–H groups in total. The normalized spacial score (nSPS) is 19.2. The van der Waals surface area contributed by atoms with Gasteiger partial charge in [0, 0.05) is 25.9 Å². The molecule has 0 spiro atoms. The zero-order valence-electron chi connectivity index (χ0n) is 11.2. The number of rotatable bonds is 2. The maximum absolute atomic E-state index is 12.1. The maximum Gasteiger partial charge on any atom is 0.337 e. The van der Waals surface area contributed by atoms with Gasteiger partial charge in [-0.15, -0.1) is 0 Å². The van der Waals surface area contributed by atoms with Crippen molar-refractivity contribution < 1.29 is 19.4 Å². The summed E-state index contributed by atoms with van der Waals surface area (Å²) in [6.07, 6.45) is 3.43. The summed E-state index contributed by atoms with van der Waals surface area (Å²) in [5, 5.41) is 11.5. The van der Waals surface area contributed by atoms with E-state index in [1.54, 1.807) is 4.90 Å². The Morgan fingerprint density at radius 1 is 1.50 bits per heavy atom. The van der Waals surface area contributed by atoms with Crippen LogP contribution in [0.15, 0.2) is 18.5 Å². The number of aromatic carboxylic acids is 1. The fourth-order valence-corrected chi connectivity index (χ4v) is 2.01. The highest BCUT2D eigenvalue weighted by Gasteiger charge is 2.20. The fourth-order valence-electron chi connectivity index (χ4n) is 2.01. The lowest BCUT2D eigenvalue weighted by molar-refractivity contribution is 0.0696. The Labute approximate surface area is 116 Å². The second kappa shape index (κ2) is 6.33. The number of amides is 2. The lowest BCUT2D eigenvalue weighted by Crippen LogP contribution is -2.38. The van der Waals surface area contributed by atoms with Crippen molar-refractivity contribution in [3.05, 3.63) is 24.0 Å². The lowest BCUT2D eigenvalue weighted by Gasteiger charge is -2.22. The van der Waals surface area contributed by atoms with Gasteiger partial charge >= 0.3 is 12.0 Å². The van der Waals surface area contributed by atoms with Crippen LogP contribution < -0.4 is 5.32 Å². The number of nitrogens with zero attached hydrogens (tertiary/aromatic N) is 2. The number of carboxylic acid groups (broad SMARTS) is 1. The van der Waals surface area contributed by atoms with Gasteiger partial charge in [0.2, 0.25) is 0 Å². The van der Waals surface area contributed by atoms with Crippen molar-refractivity contribution >= 4 is 17.7 Å². The van der Waals surface area contributed by atoms with Gasteiger partial charge in [-0.1, -0.05) is 0 Å². The van der Waals surface area contributed by atoms with Crippen molar-refractivity contribution in [1.82, 2.24) is 9.88 Å². The number of aromatic nitrogens is 1. The van der Waals surface area contributed by atoms with Gasteiger partial charge in [0.05, 0.1) is 23.6 Å². The molecule has 1 saturated heterocycles. The number of carboxylic acids is 1. The van der Waals surface area contributed by atoms with Crippen LogP contribution in [0.5, 0.6) is 0 Å². The summed E-state index contributed by atoms with van der Waals surface area (Å²) in [5.41, 5.74) is 0.406. The topological polar surface area (TPSA) is 91.8 Å². The van der Waals surface area contributed by atoms with Crippen molar-refractivity contribution in [2.45, 2.75) is 19.4 Å². The minimum absolute atomic E-state index is 0.00766. The van der Waals surface area contributed by atoms with Crippen LogP contribution in [0.25, 0.3) is 0 Å². The smallest absolute Gasteiger partial charge is 0.337 e. The van der Waals surface area contributed by atoms with Crippen LogP contribution in [0, 0.1) is 0 Å². The minimum atomic E-state index is -1.08. The molecule has 0 saturated carbocycles. The van der Waals surface area contributed by atoms with E-state index in [4.69, 9.17) is 9.84 Å². The molecule has 20 heavy (non-hydrogen) atoms. The molecule has 108 valence electrons. The lowest BCUT2D eigenvalue weighted by atomic mass is 10.2. The first kappa shape index (κ1) is 14.3. The Hall–Kier alpha value is -2.15. The third-order valence-electron chi connectivity index (χ3n) is 2.98. The summed E-state index contributed by atoms with van der Waals surface area (Å²) >= 11 is 0. The van der Waals surface area contributed by atoms with E-state index in [2.05, 4.69) is 10.3 Å². The van der Waals surface area contributed by atoms with Crippen LogP contribution in [0.2, 0.25) is 0 Å². The first-order valence-corrected chi connectivity index (χ1v) is 6.42. The number of carbonyl (C=O) groups is 2. The fraction of sp³-hybridized carbons (Fsp3) is 0.462. The number of ether oxygens (including phenoxy) is 1. The molecule has 0 aromatic carbocycles. The van der Waals surface area contributed by atoms with Crippen LogP contribution in [0.1, 0.15) is 23.7 Å². The number of anilines is 1. The van der Waals surface area contributed by atoms with Gasteiger partial charge in [0.25, 0.3) is 0 Å². The summed E-state index contributed by atoms with van der Waals surface area (Å²) in [4.78, 5) is 28.4. The molecular weight excluding hydrogens is 262 g/mol. The van der Waals surface area contributed by atoms with Crippen molar-refractivity contribution in [3.63, 3.8) is 0 Å². The molecule has 1 atom stereocenters. The summed E-state index contributed by atoms with van der Waals surface area (Å²) in [7, 11) is 0. The highest BCUT2D eigenvalue weighted by atomic mass is 16.5. The summed E-state index contributed by atoms with van der Waals surface area (Å²) in [6, 6.07) is 1.11. The van der Waals surface area contributed by atoms with E-state index >= 15 is 0 Å². The molecule has 2 heterocycles. The monoisotopic (exact) mass is 279 g/mol. The second-order valence-corrected chi connectivity index (χ2v) is 4.68. The molecule has 1 aromatic rings. The van der Waals surface area contributed by atoms with Gasteiger partial charge in [0.1, 0.15) is 0 Å². The van der Waals surface area contributed by atoms with E-state index in [1.807, 2.05) is 6.92 Å². The standard InChI is InChI=1S/C13H17N3O4/c1-9-8-16(3-2-4-20-9)13(19)15-11-5-10(12(17)18)6-14-7-11/h5-7,9H,2-4,8H2,1H3,(H,15,19)(H,17,18). The molecule has 1 aromatic heterocycles. The van der Waals surface area contributed by atoms with Crippen molar-refractivity contribution in [2.24, 2.45) is 0 Å². The second-order valence-electron chi connectivity index (χ2n) is 4.68. The van der Waals surface area contributed by atoms with Crippen LogP contribution in [-0.4, -0.2) is 52.8 Å². The predicted molar refractivity (Wildman–Crippen MR) is 71.8 cm³/mol. The van der Waals surface area contributed by atoms with E-state index in [1.165, 1.54) is 18.5 Å². The first-order valence-electron chi connectivity index (χ1n) is 6.42. The third kappa shape index (κ3) is 3.67. The number of hydrogen-bond acceptors (Lipinski definition) is 4. The van der Waals surface area contributed by atoms with Gasteiger partial charge < -0.3 is 20.1 Å². The Morgan fingerprint density at radius 3 is 3.05 bits per heavy atom. The van der Waals surface area contributed by atoms with Crippen LogP contribution in [0.4, 0.5) is 10.5 Å². The molecule has 1 unspecified atom stereocenters. The third-order valence-corrected chi connectivity index (χ3v) is 2.98. The molecule has 0 radical (unpaired) electrons. The quantitative estimate of drug-likeness (QED) is 0.854. The Morgan fingerprint density at radius 2 is 2.30 bits per heavy atom. The van der Waals surface area contributed by atoms with Crippen molar-refractivity contribution in [2.75, 3.05) is 25.0 Å². The number of nitrogens with one attached hydrogen (secondary N) is 1. The van der Waals surface area contributed by atoms with Gasteiger partial charge in [-0.05, 0) is 19.4 Å². The Kier molecular flexibility index (Phi) is 4.52. The minimum Gasteiger partial charge on any atom is -0.478 e. The zero-order chi connectivity index (χ0) is 14.5. The van der Waals surface area contributed by atoms with Crippen LogP contribution in [-0.2, 0) is 4.74 Å². The van der Waals surface area contributed by atoms with E-state index in [0.29, 0.717) is 25.4 Å². The molecule has 7 heteroatoms. The van der Waals surface area contributed by atoms with Gasteiger partial charge in [-0.25, -0.2) is 9.59 Å². The Bertz CT molecular complexity index is 506. The van der Waals surface area contributed by atoms with E-state index in [9.17, 15) is 9.59 Å². The summed E-state index contributed by atoms with van der Waals surface area (Å²) < 4.78 is 5.47. The zero-order valence-corrected chi connectivity index (χ0v) is 11.2. The van der Waals surface area contributed by atoms with Gasteiger partial charge in [-0.3, -0.25) is 4.98 Å².